The highest BCUT2D eigenvalue weighted by Crippen LogP contribution is 2.54. The minimum absolute atomic E-state index is 0.437. The van der Waals surface area contributed by atoms with Gasteiger partial charge in [0.25, 0.3) is 0 Å². The van der Waals surface area contributed by atoms with Crippen molar-refractivity contribution in [2.45, 2.75) is 18.3 Å². The molecule has 0 saturated heterocycles. The van der Waals surface area contributed by atoms with Crippen LogP contribution in [-0.4, -0.2) is 11.5 Å². The third kappa shape index (κ3) is 0.734. The van der Waals surface area contributed by atoms with E-state index in [1.54, 1.807) is 0 Å². The molecule has 0 radical (unpaired) electrons. The van der Waals surface area contributed by atoms with Gasteiger partial charge in [0.05, 0.1) is 0 Å². The highest BCUT2D eigenvalue weighted by Gasteiger charge is 2.49. The summed E-state index contributed by atoms with van der Waals surface area (Å²) in [5, 5.41) is 3.95. The molecule has 3 heteroatoms. The molecule has 2 nitrogen and oxygen atoms in total. The van der Waals surface area contributed by atoms with Crippen molar-refractivity contribution in [2.24, 2.45) is 0 Å². The first-order valence-corrected chi connectivity index (χ1v) is 4.58. The third-order valence-electron chi connectivity index (χ3n) is 2.91. The van der Waals surface area contributed by atoms with Crippen LogP contribution in [0.5, 0.6) is 0 Å². The fourth-order valence-electron chi connectivity index (χ4n) is 1.96. The van der Waals surface area contributed by atoms with Gasteiger partial charge in [-0.25, -0.2) is 4.98 Å². The minimum Gasteiger partial charge on any atom is -0.384 e. The van der Waals surface area contributed by atoms with E-state index in [0.717, 1.165) is 6.54 Å². The Labute approximate surface area is 76.0 Å². The molecule has 0 amide bonds. The Bertz CT molecular complexity index is 344. The van der Waals surface area contributed by atoms with Gasteiger partial charge >= 0.3 is 0 Å². The van der Waals surface area contributed by atoms with Gasteiger partial charge in [-0.2, -0.15) is 0 Å². The van der Waals surface area contributed by atoms with Crippen molar-refractivity contribution in [1.29, 1.82) is 0 Å². The predicted octanol–water partition coefficient (Wildman–Crippen LogP) is 2.19. The zero-order chi connectivity index (χ0) is 8.18. The Morgan fingerprint density at radius 2 is 2.33 bits per heavy atom. The lowest BCUT2D eigenvalue weighted by atomic mass is 10.0. The first-order valence-electron chi connectivity index (χ1n) is 4.20. The molecule has 1 aliphatic heterocycles. The molecule has 2 heterocycles. The van der Waals surface area contributed by atoms with E-state index in [-0.39, 0.29) is 0 Å². The van der Waals surface area contributed by atoms with Gasteiger partial charge in [0.1, 0.15) is 5.15 Å². The Morgan fingerprint density at radius 3 is 3.08 bits per heavy atom. The van der Waals surface area contributed by atoms with Gasteiger partial charge in [0.2, 0.25) is 0 Å². The zero-order valence-corrected chi connectivity index (χ0v) is 7.36. The van der Waals surface area contributed by atoms with Gasteiger partial charge in [-0.3, -0.25) is 0 Å². The predicted molar refractivity (Wildman–Crippen MR) is 48.6 cm³/mol. The number of nitrogens with one attached hydrogen (secondary N) is 1. The van der Waals surface area contributed by atoms with Crippen molar-refractivity contribution in [3.05, 3.63) is 23.0 Å². The van der Waals surface area contributed by atoms with Crippen molar-refractivity contribution in [2.75, 3.05) is 11.9 Å². The lowest BCUT2D eigenvalue weighted by Gasteiger charge is -2.03. The monoisotopic (exact) mass is 180 g/mol. The maximum absolute atomic E-state index is 5.79. The molecule has 1 aromatic rings. The number of pyridine rings is 1. The summed E-state index contributed by atoms with van der Waals surface area (Å²) in [4.78, 5) is 4.11. The quantitative estimate of drug-likeness (QED) is 0.620. The molecule has 0 aromatic carbocycles. The summed E-state index contributed by atoms with van der Waals surface area (Å²) in [6.07, 6.45) is 4.53. The third-order valence-corrected chi connectivity index (χ3v) is 3.12. The highest BCUT2D eigenvalue weighted by atomic mass is 35.5. The van der Waals surface area contributed by atoms with Crippen LogP contribution in [0, 0.1) is 0 Å². The van der Waals surface area contributed by atoms with E-state index >= 15 is 0 Å². The summed E-state index contributed by atoms with van der Waals surface area (Å²) in [6, 6.07) is 1.92. The van der Waals surface area contributed by atoms with Gasteiger partial charge in [-0.05, 0) is 18.9 Å². The number of hydrogen-bond acceptors (Lipinski definition) is 2. The highest BCUT2D eigenvalue weighted by molar-refractivity contribution is 6.29. The molecular formula is C9H9ClN2. The second-order valence-electron chi connectivity index (χ2n) is 3.69. The second-order valence-corrected chi connectivity index (χ2v) is 4.07. The molecule has 62 valence electrons. The largest absolute Gasteiger partial charge is 0.384 e. The maximum atomic E-state index is 5.79. The zero-order valence-electron chi connectivity index (χ0n) is 6.60. The number of aromatic nitrogens is 1. The molecule has 0 atom stereocenters. The lowest BCUT2D eigenvalue weighted by Crippen LogP contribution is -2.08. The van der Waals surface area contributed by atoms with E-state index in [1.165, 1.54) is 24.1 Å². The summed E-state index contributed by atoms with van der Waals surface area (Å²) in [7, 11) is 0. The van der Waals surface area contributed by atoms with Crippen molar-refractivity contribution in [3.63, 3.8) is 0 Å². The van der Waals surface area contributed by atoms with E-state index in [0.29, 0.717) is 10.6 Å². The van der Waals surface area contributed by atoms with Crippen LogP contribution in [0.15, 0.2) is 12.3 Å². The molecule has 1 fully saturated rings. The topological polar surface area (TPSA) is 24.9 Å². The number of halogens is 1. The van der Waals surface area contributed by atoms with Gasteiger partial charge in [-0.1, -0.05) is 11.6 Å². The minimum atomic E-state index is 0.437. The molecule has 1 aliphatic carbocycles. The second kappa shape index (κ2) is 1.94. The van der Waals surface area contributed by atoms with E-state index < -0.39 is 0 Å². The summed E-state index contributed by atoms with van der Waals surface area (Å²) < 4.78 is 0. The van der Waals surface area contributed by atoms with Crippen LogP contribution in [0.3, 0.4) is 0 Å². The number of hydrogen-bond donors (Lipinski definition) is 1. The van der Waals surface area contributed by atoms with Gasteiger partial charge in [-0.15, -0.1) is 0 Å². The Balaban J connectivity index is 2.18. The van der Waals surface area contributed by atoms with Crippen molar-refractivity contribution in [3.8, 4) is 0 Å². The maximum Gasteiger partial charge on any atom is 0.131 e. The molecule has 2 aliphatic rings. The van der Waals surface area contributed by atoms with Crippen molar-refractivity contribution < 1.29 is 0 Å². The fourth-order valence-corrected chi connectivity index (χ4v) is 2.11. The molecule has 1 N–H and O–H groups in total. The van der Waals surface area contributed by atoms with Crippen LogP contribution in [0.2, 0.25) is 5.15 Å². The molecule has 12 heavy (non-hydrogen) atoms. The first kappa shape index (κ1) is 6.72. The Hall–Kier alpha value is -0.760. The van der Waals surface area contributed by atoms with Crippen LogP contribution in [0.25, 0.3) is 0 Å². The molecule has 1 spiro atoms. The first-order chi connectivity index (χ1) is 5.80. The standard InChI is InChI=1S/C9H9ClN2/c10-8-3-7-6(4-11-8)9(1-2-9)5-12-7/h3-4,12H,1-2,5H2. The summed E-state index contributed by atoms with van der Waals surface area (Å²) in [6.45, 7) is 1.07. The molecule has 1 saturated carbocycles. The Morgan fingerprint density at radius 1 is 1.50 bits per heavy atom. The van der Waals surface area contributed by atoms with Crippen LogP contribution >= 0.6 is 11.6 Å². The smallest absolute Gasteiger partial charge is 0.131 e. The van der Waals surface area contributed by atoms with E-state index in [2.05, 4.69) is 10.3 Å². The number of nitrogens with zero attached hydrogens (tertiary/aromatic N) is 1. The normalized spacial score (nSPS) is 22.1. The summed E-state index contributed by atoms with van der Waals surface area (Å²) in [5.74, 6) is 0. The number of rotatable bonds is 0. The van der Waals surface area contributed by atoms with Crippen molar-refractivity contribution >= 4 is 17.3 Å². The van der Waals surface area contributed by atoms with E-state index in [1.807, 2.05) is 12.3 Å². The Kier molecular flexibility index (Phi) is 1.09. The van der Waals surface area contributed by atoms with E-state index in [9.17, 15) is 0 Å². The van der Waals surface area contributed by atoms with Gasteiger partial charge < -0.3 is 5.32 Å². The van der Waals surface area contributed by atoms with Gasteiger partial charge in [0, 0.05) is 29.4 Å². The molecule has 3 rings (SSSR count). The fraction of sp³-hybridized carbons (Fsp3) is 0.444. The molecular weight excluding hydrogens is 172 g/mol. The van der Waals surface area contributed by atoms with Gasteiger partial charge in [0.15, 0.2) is 0 Å². The van der Waals surface area contributed by atoms with Crippen LogP contribution in [0.1, 0.15) is 18.4 Å². The molecule has 0 unspecified atom stereocenters. The van der Waals surface area contributed by atoms with E-state index in [4.69, 9.17) is 11.6 Å². The lowest BCUT2D eigenvalue weighted by molar-refractivity contribution is 0.774. The van der Waals surface area contributed by atoms with Crippen LogP contribution in [-0.2, 0) is 5.41 Å². The van der Waals surface area contributed by atoms with Crippen LogP contribution < -0.4 is 5.32 Å². The summed E-state index contributed by atoms with van der Waals surface area (Å²) >= 11 is 5.79. The molecule has 1 aromatic heterocycles. The van der Waals surface area contributed by atoms with Crippen LogP contribution in [0.4, 0.5) is 5.69 Å². The average Bonchev–Trinajstić information content (AvgIpc) is 2.73. The number of anilines is 1. The SMILES string of the molecule is Clc1cc2c(cn1)C1(CC1)CN2. The van der Waals surface area contributed by atoms with Crippen molar-refractivity contribution in [1.82, 2.24) is 4.98 Å². The summed E-state index contributed by atoms with van der Waals surface area (Å²) in [5.41, 5.74) is 2.99. The molecule has 0 bridgehead atoms. The average molecular weight is 181 g/mol. The number of fused-ring (bicyclic) bond motifs is 2.